The van der Waals surface area contributed by atoms with Crippen molar-refractivity contribution in [3.63, 3.8) is 0 Å². The Hall–Kier alpha value is -5.01. The van der Waals surface area contributed by atoms with E-state index in [1.807, 2.05) is 135 Å². The molecule has 4 amide bonds. The molecule has 330 valence electrons. The zero-order valence-electron chi connectivity index (χ0n) is 38.3. The molecule has 0 fully saturated rings. The molecule has 1 heterocycles. The van der Waals surface area contributed by atoms with E-state index in [-0.39, 0.29) is 19.2 Å². The monoisotopic (exact) mass is 831 g/mol. The Morgan fingerprint density at radius 2 is 1.22 bits per heavy atom. The van der Waals surface area contributed by atoms with Gasteiger partial charge in [0.15, 0.2) is 0 Å². The average Bonchev–Trinajstić information content (AvgIpc) is 3.11. The maximum atomic E-state index is 14.4. The largest absolute Gasteiger partial charge is 0.447 e. The number of nitrogens with one attached hydrogen (secondary N) is 4. The number of hydrogen-bond acceptors (Lipinski definition) is 9. The number of hydrazine groups is 1. The number of hydrogen-bond donors (Lipinski definition) is 4. The van der Waals surface area contributed by atoms with Gasteiger partial charge in [-0.25, -0.2) is 14.6 Å². The zero-order chi connectivity index (χ0) is 45.1. The summed E-state index contributed by atoms with van der Waals surface area (Å²) in [7, 11) is 0. The second-order valence-corrected chi connectivity index (χ2v) is 19.7. The van der Waals surface area contributed by atoms with E-state index in [4.69, 9.17) is 14.2 Å². The number of pyridine rings is 1. The fourth-order valence-corrected chi connectivity index (χ4v) is 6.37. The van der Waals surface area contributed by atoms with Gasteiger partial charge in [-0.2, -0.15) is 0 Å². The van der Waals surface area contributed by atoms with Crippen LogP contribution >= 0.6 is 0 Å². The van der Waals surface area contributed by atoms with Crippen molar-refractivity contribution in [2.45, 2.75) is 151 Å². The van der Waals surface area contributed by atoms with Crippen LogP contribution in [0.5, 0.6) is 0 Å². The maximum absolute atomic E-state index is 14.4. The summed E-state index contributed by atoms with van der Waals surface area (Å²) in [5.41, 5.74) is 3.82. The summed E-state index contributed by atoms with van der Waals surface area (Å²) in [5, 5.41) is 10.6. The lowest BCUT2D eigenvalue weighted by molar-refractivity contribution is -0.137. The first kappa shape index (κ1) is 49.4. The van der Waals surface area contributed by atoms with Crippen LogP contribution in [0.4, 0.5) is 9.59 Å². The number of nitrogens with zero attached hydrogens (tertiary/aromatic N) is 2. The Morgan fingerprint density at radius 1 is 0.650 bits per heavy atom. The number of rotatable bonds is 16. The summed E-state index contributed by atoms with van der Waals surface area (Å²) in [5.74, 6) is -0.876. The van der Waals surface area contributed by atoms with Gasteiger partial charge < -0.3 is 30.2 Å². The number of carbonyl (C=O) groups is 4. The minimum absolute atomic E-state index is 0.106. The zero-order valence-corrected chi connectivity index (χ0v) is 38.3. The summed E-state index contributed by atoms with van der Waals surface area (Å²) in [4.78, 5) is 59.2. The van der Waals surface area contributed by atoms with E-state index in [2.05, 4.69) is 26.4 Å². The number of ether oxygens (including phenoxy) is 3. The molecule has 0 saturated heterocycles. The highest BCUT2D eigenvalue weighted by Gasteiger charge is 2.39. The Bertz CT molecular complexity index is 1830. The fraction of sp³-hybridized carbons (Fsp3) is 0.553. The van der Waals surface area contributed by atoms with E-state index < -0.39 is 70.3 Å². The Morgan fingerprint density at radius 3 is 1.73 bits per heavy atom. The lowest BCUT2D eigenvalue weighted by Gasteiger charge is -2.39. The van der Waals surface area contributed by atoms with Gasteiger partial charge in [-0.15, -0.1) is 0 Å². The molecule has 4 atom stereocenters. The van der Waals surface area contributed by atoms with Crippen molar-refractivity contribution >= 4 is 24.0 Å². The van der Waals surface area contributed by atoms with E-state index >= 15 is 0 Å². The van der Waals surface area contributed by atoms with Gasteiger partial charge in [0.2, 0.25) is 5.91 Å². The molecule has 13 heteroatoms. The maximum Gasteiger partial charge on any atom is 0.408 e. The molecule has 0 spiro atoms. The number of carbonyl (C=O) groups excluding carboxylic acids is 4. The van der Waals surface area contributed by atoms with Gasteiger partial charge in [-0.3, -0.25) is 20.0 Å². The van der Waals surface area contributed by atoms with Crippen molar-refractivity contribution in [3.8, 4) is 11.3 Å². The van der Waals surface area contributed by atoms with E-state index in [1.165, 1.54) is 0 Å². The first-order chi connectivity index (χ1) is 27.7. The van der Waals surface area contributed by atoms with Crippen molar-refractivity contribution in [1.82, 2.24) is 31.4 Å². The molecule has 4 N–H and O–H groups in total. The molecular weight excluding hydrogens is 761 g/mol. The highest BCUT2D eigenvalue weighted by atomic mass is 16.6. The quantitative estimate of drug-likeness (QED) is 0.105. The molecule has 0 aliphatic carbocycles. The normalized spacial score (nSPS) is 14.4. The molecule has 0 aliphatic heterocycles. The standard InChI is InChI=1S/C47H70N6O7/c1-31(2)58-42(56)50-38(44(3,4)5)40(54)49-36(28-32-20-16-15-17-21-32)37(59-46(9,10)11)30-53(29-33-23-25-34(26-24-33)35-22-18-19-27-48-35)52-41(55)39(45(6,7)8)51-43(57)60-47(12,13)14/h15-27,31,36-39H,28-30H2,1-14H3,(H,49,54)(H,50,56)(H,51,57)(H,52,55)/t36-,37-,38+,39+/m0/s1. The molecule has 2 aromatic carbocycles. The van der Waals surface area contributed by atoms with Crippen LogP contribution in [0.3, 0.4) is 0 Å². The van der Waals surface area contributed by atoms with Crippen molar-refractivity contribution in [2.75, 3.05) is 6.54 Å². The van der Waals surface area contributed by atoms with Gasteiger partial charge in [-0.1, -0.05) is 102 Å². The molecule has 0 radical (unpaired) electrons. The van der Waals surface area contributed by atoms with E-state index in [1.54, 1.807) is 45.8 Å². The minimum atomic E-state index is -0.993. The lowest BCUT2D eigenvalue weighted by atomic mass is 9.85. The van der Waals surface area contributed by atoms with Crippen LogP contribution in [-0.4, -0.2) is 82.1 Å². The van der Waals surface area contributed by atoms with Crippen molar-refractivity contribution in [2.24, 2.45) is 10.8 Å². The van der Waals surface area contributed by atoms with Gasteiger partial charge in [0, 0.05) is 24.8 Å². The van der Waals surface area contributed by atoms with Gasteiger partial charge in [0.05, 0.1) is 29.5 Å². The summed E-state index contributed by atoms with van der Waals surface area (Å²) < 4.78 is 17.7. The Labute approximate surface area is 358 Å². The number of alkyl carbamates (subject to hydrolysis) is 2. The Balaban J connectivity index is 2.12. The molecule has 0 unspecified atom stereocenters. The van der Waals surface area contributed by atoms with Crippen LogP contribution < -0.4 is 21.4 Å². The summed E-state index contributed by atoms with van der Waals surface area (Å²) in [6.45, 7) is 26.1. The molecule has 0 bridgehead atoms. The predicted molar refractivity (Wildman–Crippen MR) is 236 cm³/mol. The fourth-order valence-electron chi connectivity index (χ4n) is 6.37. The van der Waals surface area contributed by atoms with Crippen molar-refractivity contribution < 1.29 is 33.4 Å². The molecule has 3 aromatic rings. The van der Waals surface area contributed by atoms with E-state index in [9.17, 15) is 19.2 Å². The second-order valence-electron chi connectivity index (χ2n) is 19.7. The van der Waals surface area contributed by atoms with Gasteiger partial charge in [0.25, 0.3) is 5.91 Å². The lowest BCUT2D eigenvalue weighted by Crippen LogP contribution is -2.62. The van der Waals surface area contributed by atoms with Crippen LogP contribution in [0.25, 0.3) is 11.3 Å². The third-order valence-corrected chi connectivity index (χ3v) is 9.06. The van der Waals surface area contributed by atoms with Crippen LogP contribution in [-0.2, 0) is 36.8 Å². The van der Waals surface area contributed by atoms with Crippen molar-refractivity contribution in [1.29, 1.82) is 0 Å². The second kappa shape index (κ2) is 21.0. The summed E-state index contributed by atoms with van der Waals surface area (Å²) in [6, 6.07) is 20.8. The van der Waals surface area contributed by atoms with Gasteiger partial charge in [-0.05, 0) is 95.9 Å². The van der Waals surface area contributed by atoms with E-state index in [0.29, 0.717) is 6.42 Å². The minimum Gasteiger partial charge on any atom is -0.447 e. The number of amides is 4. The average molecular weight is 831 g/mol. The van der Waals surface area contributed by atoms with Crippen LogP contribution in [0, 0.1) is 10.8 Å². The molecule has 1 aromatic heterocycles. The van der Waals surface area contributed by atoms with Gasteiger partial charge in [0.1, 0.15) is 17.7 Å². The van der Waals surface area contributed by atoms with Crippen LogP contribution in [0.2, 0.25) is 0 Å². The van der Waals surface area contributed by atoms with Crippen LogP contribution in [0.1, 0.15) is 108 Å². The van der Waals surface area contributed by atoms with E-state index in [0.717, 1.165) is 22.4 Å². The first-order valence-electron chi connectivity index (χ1n) is 20.7. The highest BCUT2D eigenvalue weighted by Crippen LogP contribution is 2.25. The number of benzene rings is 2. The highest BCUT2D eigenvalue weighted by molar-refractivity contribution is 5.87. The topological polar surface area (TPSA) is 160 Å². The third-order valence-electron chi connectivity index (χ3n) is 9.06. The summed E-state index contributed by atoms with van der Waals surface area (Å²) >= 11 is 0. The molecule has 3 rings (SSSR count). The molecule has 0 aliphatic rings. The molecule has 13 nitrogen and oxygen atoms in total. The summed E-state index contributed by atoms with van der Waals surface area (Å²) in [6.07, 6.45) is -0.404. The molecule has 60 heavy (non-hydrogen) atoms. The first-order valence-corrected chi connectivity index (χ1v) is 20.7. The Kier molecular flexibility index (Phi) is 17.3. The molecule has 0 saturated carbocycles. The van der Waals surface area contributed by atoms with Crippen LogP contribution in [0.15, 0.2) is 79.0 Å². The van der Waals surface area contributed by atoms with Crippen molar-refractivity contribution in [3.05, 3.63) is 90.1 Å². The third kappa shape index (κ3) is 17.3. The molecular formula is C47H70N6O7. The predicted octanol–water partition coefficient (Wildman–Crippen LogP) is 7.98. The number of aromatic nitrogens is 1. The smallest absolute Gasteiger partial charge is 0.408 e. The van der Waals surface area contributed by atoms with Gasteiger partial charge >= 0.3 is 12.2 Å². The SMILES string of the molecule is CC(C)OC(=O)N[C@H](C(=O)N[C@@H](Cc1ccccc1)[C@H](CN(Cc1ccc(-c2ccccn2)cc1)NC(=O)[C@@H](NC(=O)OC(C)(C)C)C(C)(C)C)OC(C)(C)C)C(C)(C)C.